The highest BCUT2D eigenvalue weighted by atomic mass is 35.5. The van der Waals surface area contributed by atoms with E-state index < -0.39 is 0 Å². The number of hydrogen-bond acceptors (Lipinski definition) is 5. The fraction of sp³-hybridized carbons (Fsp3) is 0.417. The van der Waals surface area contributed by atoms with Gasteiger partial charge in [-0.15, -0.1) is 12.4 Å². The van der Waals surface area contributed by atoms with E-state index in [4.69, 9.17) is 10.3 Å². The molecule has 3 N–H and O–H groups in total. The molecule has 0 spiro atoms. The van der Waals surface area contributed by atoms with Gasteiger partial charge in [0.15, 0.2) is 0 Å². The van der Waals surface area contributed by atoms with Crippen LogP contribution in [-0.2, 0) is 0 Å². The molecule has 2 rings (SSSR count). The van der Waals surface area contributed by atoms with Gasteiger partial charge in [0.05, 0.1) is 16.6 Å². The van der Waals surface area contributed by atoms with E-state index in [1.807, 2.05) is 6.92 Å². The van der Waals surface area contributed by atoms with Crippen LogP contribution in [0.25, 0.3) is 11.1 Å². The summed E-state index contributed by atoms with van der Waals surface area (Å²) >= 11 is 0. The largest absolute Gasteiger partial charge is 0.352 e. The molecular formula is C12H17ClN4O2. The van der Waals surface area contributed by atoms with Gasteiger partial charge < -0.3 is 15.6 Å². The minimum atomic E-state index is -0.137. The van der Waals surface area contributed by atoms with Gasteiger partial charge >= 0.3 is 0 Å². The molecule has 7 heteroatoms. The Bertz CT molecular complexity index is 556. The second kappa shape index (κ2) is 7.06. The first kappa shape index (κ1) is 15.4. The van der Waals surface area contributed by atoms with Crippen LogP contribution in [0.5, 0.6) is 0 Å². The van der Waals surface area contributed by atoms with Gasteiger partial charge in [0.1, 0.15) is 0 Å². The molecule has 2 heterocycles. The quantitative estimate of drug-likeness (QED) is 0.810. The van der Waals surface area contributed by atoms with E-state index in [0.717, 1.165) is 23.9 Å². The van der Waals surface area contributed by atoms with Crippen LogP contribution in [0.1, 0.15) is 28.9 Å². The standard InChI is InChI=1S/C12H16N4O2.ClH/c1-8-10-6-9(7-15-12(10)18-16-8)11(17)14-5-3-2-4-13;/h6-7H,2-5,13H2,1H3,(H,14,17);1H. The number of nitrogens with two attached hydrogens (primary N) is 1. The highest BCUT2D eigenvalue weighted by molar-refractivity contribution is 5.96. The van der Waals surface area contributed by atoms with Gasteiger partial charge in [-0.2, -0.15) is 0 Å². The van der Waals surface area contributed by atoms with E-state index >= 15 is 0 Å². The van der Waals surface area contributed by atoms with Crippen LogP contribution in [-0.4, -0.2) is 29.1 Å². The second-order valence-electron chi connectivity index (χ2n) is 4.10. The zero-order valence-corrected chi connectivity index (χ0v) is 11.5. The molecule has 0 saturated heterocycles. The van der Waals surface area contributed by atoms with Crippen molar-refractivity contribution in [1.82, 2.24) is 15.5 Å². The molecule has 0 saturated carbocycles. The average molecular weight is 285 g/mol. The summed E-state index contributed by atoms with van der Waals surface area (Å²) in [4.78, 5) is 15.9. The van der Waals surface area contributed by atoms with Crippen LogP contribution < -0.4 is 11.1 Å². The topological polar surface area (TPSA) is 94.0 Å². The molecule has 0 unspecified atom stereocenters. The molecule has 0 aliphatic rings. The lowest BCUT2D eigenvalue weighted by Gasteiger charge is -2.04. The first-order valence-electron chi connectivity index (χ1n) is 5.92. The molecule has 19 heavy (non-hydrogen) atoms. The molecule has 0 aliphatic heterocycles. The van der Waals surface area contributed by atoms with Gasteiger partial charge in [0.2, 0.25) is 0 Å². The monoisotopic (exact) mass is 284 g/mol. The molecule has 2 aromatic heterocycles. The summed E-state index contributed by atoms with van der Waals surface area (Å²) in [5.74, 6) is -0.137. The second-order valence-corrected chi connectivity index (χ2v) is 4.10. The van der Waals surface area contributed by atoms with E-state index in [1.165, 1.54) is 6.20 Å². The van der Waals surface area contributed by atoms with E-state index in [-0.39, 0.29) is 18.3 Å². The third kappa shape index (κ3) is 3.65. The van der Waals surface area contributed by atoms with Crippen molar-refractivity contribution in [3.8, 4) is 0 Å². The predicted molar refractivity (Wildman–Crippen MR) is 74.4 cm³/mol. The number of carbonyl (C=O) groups is 1. The summed E-state index contributed by atoms with van der Waals surface area (Å²) in [5, 5.41) is 7.39. The zero-order valence-electron chi connectivity index (χ0n) is 10.7. The van der Waals surface area contributed by atoms with Crippen molar-refractivity contribution < 1.29 is 9.32 Å². The number of rotatable bonds is 5. The van der Waals surface area contributed by atoms with Crippen molar-refractivity contribution in [2.45, 2.75) is 19.8 Å². The highest BCUT2D eigenvalue weighted by Crippen LogP contribution is 2.16. The molecule has 0 atom stereocenters. The van der Waals surface area contributed by atoms with E-state index in [2.05, 4.69) is 15.5 Å². The number of nitrogens with one attached hydrogen (secondary N) is 1. The van der Waals surface area contributed by atoms with Gasteiger partial charge in [-0.1, -0.05) is 5.16 Å². The Balaban J connectivity index is 0.00000180. The fourth-order valence-electron chi connectivity index (χ4n) is 1.64. The lowest BCUT2D eigenvalue weighted by molar-refractivity contribution is 0.0953. The van der Waals surface area contributed by atoms with Gasteiger partial charge in [-0.25, -0.2) is 4.98 Å². The summed E-state index contributed by atoms with van der Waals surface area (Å²) in [6, 6.07) is 1.74. The summed E-state index contributed by atoms with van der Waals surface area (Å²) in [5.41, 5.74) is 7.08. The van der Waals surface area contributed by atoms with Crippen LogP contribution in [0.3, 0.4) is 0 Å². The van der Waals surface area contributed by atoms with Crippen molar-refractivity contribution in [2.75, 3.05) is 13.1 Å². The Morgan fingerprint density at radius 3 is 3.00 bits per heavy atom. The maximum Gasteiger partial charge on any atom is 0.257 e. The van der Waals surface area contributed by atoms with Crippen LogP contribution in [0.4, 0.5) is 0 Å². The summed E-state index contributed by atoms with van der Waals surface area (Å²) < 4.78 is 4.99. The number of nitrogens with zero attached hydrogens (tertiary/aromatic N) is 2. The van der Waals surface area contributed by atoms with Gasteiger partial charge in [0, 0.05) is 12.7 Å². The Hall–Kier alpha value is -1.66. The molecule has 6 nitrogen and oxygen atoms in total. The van der Waals surface area contributed by atoms with Gasteiger partial charge in [-0.3, -0.25) is 4.79 Å². The van der Waals surface area contributed by atoms with Crippen LogP contribution >= 0.6 is 12.4 Å². The molecule has 0 aromatic carbocycles. The molecule has 2 aromatic rings. The maximum atomic E-state index is 11.9. The molecule has 104 valence electrons. The van der Waals surface area contributed by atoms with E-state index in [1.54, 1.807) is 6.07 Å². The molecule has 0 fully saturated rings. The first-order chi connectivity index (χ1) is 8.72. The number of amides is 1. The maximum absolute atomic E-state index is 11.9. The number of aromatic nitrogens is 2. The number of fused-ring (bicyclic) bond motifs is 1. The zero-order chi connectivity index (χ0) is 13.0. The van der Waals surface area contributed by atoms with Crippen LogP contribution in [0.15, 0.2) is 16.8 Å². The third-order valence-corrected chi connectivity index (χ3v) is 2.69. The fourth-order valence-corrected chi connectivity index (χ4v) is 1.64. The van der Waals surface area contributed by atoms with Crippen LogP contribution in [0.2, 0.25) is 0 Å². The SMILES string of the molecule is Cc1noc2ncc(C(=O)NCCCCN)cc12.Cl. The Labute approximate surface area is 117 Å². The summed E-state index contributed by atoms with van der Waals surface area (Å²) in [6.45, 7) is 3.08. The normalized spacial score (nSPS) is 10.2. The molecule has 0 radical (unpaired) electrons. The smallest absolute Gasteiger partial charge is 0.257 e. The average Bonchev–Trinajstić information content (AvgIpc) is 2.76. The van der Waals surface area contributed by atoms with E-state index in [0.29, 0.717) is 24.4 Å². The minimum Gasteiger partial charge on any atom is -0.352 e. The van der Waals surface area contributed by atoms with Crippen molar-refractivity contribution in [3.05, 3.63) is 23.5 Å². The molecule has 0 bridgehead atoms. The van der Waals surface area contributed by atoms with Crippen molar-refractivity contribution >= 4 is 29.4 Å². The number of halogens is 1. The van der Waals surface area contributed by atoms with Gasteiger partial charge in [-0.05, 0) is 32.4 Å². The molecule has 0 aliphatic carbocycles. The summed E-state index contributed by atoms with van der Waals surface area (Å²) in [6.07, 6.45) is 3.28. The van der Waals surface area contributed by atoms with E-state index in [9.17, 15) is 4.79 Å². The van der Waals surface area contributed by atoms with Crippen molar-refractivity contribution in [2.24, 2.45) is 5.73 Å². The Kier molecular flexibility index (Phi) is 5.72. The number of pyridine rings is 1. The lowest BCUT2D eigenvalue weighted by atomic mass is 10.2. The van der Waals surface area contributed by atoms with Crippen LogP contribution in [0, 0.1) is 6.92 Å². The number of carbonyl (C=O) groups excluding carboxylic acids is 1. The van der Waals surface area contributed by atoms with Crippen molar-refractivity contribution in [1.29, 1.82) is 0 Å². The van der Waals surface area contributed by atoms with Gasteiger partial charge in [0.25, 0.3) is 11.6 Å². The predicted octanol–water partition coefficient (Wildman–Crippen LogP) is 1.42. The first-order valence-corrected chi connectivity index (χ1v) is 5.92. The van der Waals surface area contributed by atoms with Crippen molar-refractivity contribution in [3.63, 3.8) is 0 Å². The number of aryl methyl sites for hydroxylation is 1. The molecular weight excluding hydrogens is 268 g/mol. The summed E-state index contributed by atoms with van der Waals surface area (Å²) in [7, 11) is 0. The number of unbranched alkanes of at least 4 members (excludes halogenated alkanes) is 1. The number of hydrogen-bond donors (Lipinski definition) is 2. The highest BCUT2D eigenvalue weighted by Gasteiger charge is 2.10. The third-order valence-electron chi connectivity index (χ3n) is 2.69. The Morgan fingerprint density at radius 1 is 1.47 bits per heavy atom. The lowest BCUT2D eigenvalue weighted by Crippen LogP contribution is -2.24. The minimum absolute atomic E-state index is 0. The Morgan fingerprint density at radius 2 is 2.26 bits per heavy atom. The molecule has 1 amide bonds.